The first-order valence-corrected chi connectivity index (χ1v) is 5.51. The minimum Gasteiger partial charge on any atom is -0.493 e. The third-order valence-electron chi connectivity index (χ3n) is 2.72. The lowest BCUT2D eigenvalue weighted by Gasteiger charge is -2.18. The molecule has 0 bridgehead atoms. The van der Waals surface area contributed by atoms with E-state index in [4.69, 9.17) is 4.74 Å². The molecule has 1 aliphatic carbocycles. The van der Waals surface area contributed by atoms with Gasteiger partial charge in [0, 0.05) is 0 Å². The molecule has 82 valence electrons. The highest BCUT2D eigenvalue weighted by Crippen LogP contribution is 2.30. The van der Waals surface area contributed by atoms with E-state index in [9.17, 15) is 5.11 Å². The van der Waals surface area contributed by atoms with Crippen molar-refractivity contribution in [3.63, 3.8) is 0 Å². The highest BCUT2D eigenvalue weighted by atomic mass is 16.5. The van der Waals surface area contributed by atoms with Crippen LogP contribution < -0.4 is 4.74 Å². The Morgan fingerprint density at radius 1 is 1.40 bits per heavy atom. The maximum atomic E-state index is 9.85. The SMILES string of the molecule is CC(C)(O)c1cccc(OCC2CC2)c1. The number of rotatable bonds is 4. The van der Waals surface area contributed by atoms with Crippen LogP contribution in [0.5, 0.6) is 5.75 Å². The van der Waals surface area contributed by atoms with Crippen LogP contribution in [0.1, 0.15) is 32.3 Å². The molecule has 0 heterocycles. The van der Waals surface area contributed by atoms with E-state index in [0.717, 1.165) is 23.8 Å². The van der Waals surface area contributed by atoms with Crippen molar-refractivity contribution in [2.75, 3.05) is 6.61 Å². The molecule has 0 spiro atoms. The molecule has 2 nitrogen and oxygen atoms in total. The topological polar surface area (TPSA) is 29.5 Å². The second-order valence-electron chi connectivity index (χ2n) is 4.84. The van der Waals surface area contributed by atoms with Gasteiger partial charge in [-0.2, -0.15) is 0 Å². The van der Waals surface area contributed by atoms with Gasteiger partial charge < -0.3 is 9.84 Å². The van der Waals surface area contributed by atoms with E-state index in [0.29, 0.717) is 0 Å². The molecule has 0 saturated heterocycles. The van der Waals surface area contributed by atoms with Gasteiger partial charge in [0.25, 0.3) is 0 Å². The second-order valence-corrected chi connectivity index (χ2v) is 4.84. The zero-order chi connectivity index (χ0) is 10.9. The number of hydrogen-bond acceptors (Lipinski definition) is 2. The van der Waals surface area contributed by atoms with Crippen LogP contribution in [0.4, 0.5) is 0 Å². The molecule has 1 fully saturated rings. The predicted octanol–water partition coefficient (Wildman–Crippen LogP) is 2.70. The lowest BCUT2D eigenvalue weighted by molar-refractivity contribution is 0.0782. The fourth-order valence-electron chi connectivity index (χ4n) is 1.47. The van der Waals surface area contributed by atoms with E-state index in [1.807, 2.05) is 24.3 Å². The maximum absolute atomic E-state index is 9.85. The molecular weight excluding hydrogens is 188 g/mol. The fourth-order valence-corrected chi connectivity index (χ4v) is 1.47. The Labute approximate surface area is 90.9 Å². The van der Waals surface area contributed by atoms with Gasteiger partial charge in [-0.3, -0.25) is 0 Å². The summed E-state index contributed by atoms with van der Waals surface area (Å²) in [5.74, 6) is 1.62. The molecule has 0 atom stereocenters. The Kier molecular flexibility index (Phi) is 2.70. The summed E-state index contributed by atoms with van der Waals surface area (Å²) in [4.78, 5) is 0. The van der Waals surface area contributed by atoms with Crippen LogP contribution >= 0.6 is 0 Å². The zero-order valence-corrected chi connectivity index (χ0v) is 9.36. The van der Waals surface area contributed by atoms with E-state index >= 15 is 0 Å². The third-order valence-corrected chi connectivity index (χ3v) is 2.72. The molecule has 15 heavy (non-hydrogen) atoms. The van der Waals surface area contributed by atoms with E-state index < -0.39 is 5.60 Å². The Hall–Kier alpha value is -1.02. The van der Waals surface area contributed by atoms with Crippen molar-refractivity contribution in [2.24, 2.45) is 5.92 Å². The van der Waals surface area contributed by atoms with Crippen LogP contribution in [-0.4, -0.2) is 11.7 Å². The lowest BCUT2D eigenvalue weighted by Crippen LogP contribution is -2.15. The normalized spacial score (nSPS) is 16.5. The van der Waals surface area contributed by atoms with Crippen LogP contribution in [0.3, 0.4) is 0 Å². The quantitative estimate of drug-likeness (QED) is 0.820. The van der Waals surface area contributed by atoms with Crippen molar-refractivity contribution in [1.29, 1.82) is 0 Å². The summed E-state index contributed by atoms with van der Waals surface area (Å²) in [7, 11) is 0. The third kappa shape index (κ3) is 2.96. The van der Waals surface area contributed by atoms with Crippen LogP contribution in [0.15, 0.2) is 24.3 Å². The average molecular weight is 206 g/mol. The van der Waals surface area contributed by atoms with Gasteiger partial charge in [-0.1, -0.05) is 12.1 Å². The van der Waals surface area contributed by atoms with Gasteiger partial charge in [0.1, 0.15) is 5.75 Å². The van der Waals surface area contributed by atoms with Crippen molar-refractivity contribution in [1.82, 2.24) is 0 Å². The molecule has 2 heteroatoms. The van der Waals surface area contributed by atoms with E-state index in [1.165, 1.54) is 12.8 Å². The lowest BCUT2D eigenvalue weighted by atomic mass is 9.98. The molecule has 1 saturated carbocycles. The van der Waals surface area contributed by atoms with E-state index in [2.05, 4.69) is 0 Å². The number of hydrogen-bond donors (Lipinski definition) is 1. The van der Waals surface area contributed by atoms with Crippen molar-refractivity contribution >= 4 is 0 Å². The number of ether oxygens (including phenoxy) is 1. The molecule has 2 rings (SSSR count). The highest BCUT2D eigenvalue weighted by Gasteiger charge is 2.22. The van der Waals surface area contributed by atoms with Crippen LogP contribution in [0.2, 0.25) is 0 Å². The van der Waals surface area contributed by atoms with Crippen LogP contribution in [0, 0.1) is 5.92 Å². The van der Waals surface area contributed by atoms with Gasteiger partial charge >= 0.3 is 0 Å². The Morgan fingerprint density at radius 2 is 2.13 bits per heavy atom. The first kappa shape index (κ1) is 10.5. The summed E-state index contributed by atoms with van der Waals surface area (Å²) in [5.41, 5.74) is 0.106. The summed E-state index contributed by atoms with van der Waals surface area (Å²) in [6.07, 6.45) is 2.59. The fraction of sp³-hybridized carbons (Fsp3) is 0.538. The number of benzene rings is 1. The monoisotopic (exact) mass is 206 g/mol. The molecule has 0 aliphatic heterocycles. The molecule has 0 unspecified atom stereocenters. The van der Waals surface area contributed by atoms with E-state index in [-0.39, 0.29) is 0 Å². The Bertz CT molecular complexity index is 335. The molecule has 0 amide bonds. The Balaban J connectivity index is 2.04. The van der Waals surface area contributed by atoms with Gasteiger partial charge in [0.05, 0.1) is 12.2 Å². The van der Waals surface area contributed by atoms with Crippen molar-refractivity contribution in [3.05, 3.63) is 29.8 Å². The summed E-state index contributed by atoms with van der Waals surface area (Å²) in [6, 6.07) is 7.71. The van der Waals surface area contributed by atoms with Gasteiger partial charge in [0.2, 0.25) is 0 Å². The van der Waals surface area contributed by atoms with E-state index in [1.54, 1.807) is 13.8 Å². The van der Waals surface area contributed by atoms with Gasteiger partial charge in [0.15, 0.2) is 0 Å². The van der Waals surface area contributed by atoms with Crippen LogP contribution in [0.25, 0.3) is 0 Å². The van der Waals surface area contributed by atoms with Gasteiger partial charge in [-0.05, 0) is 50.3 Å². The second kappa shape index (κ2) is 3.86. The molecule has 1 aromatic rings. The molecule has 1 N–H and O–H groups in total. The largest absolute Gasteiger partial charge is 0.493 e. The first-order chi connectivity index (χ1) is 7.05. The molecule has 0 radical (unpaired) electrons. The molecule has 0 aromatic heterocycles. The zero-order valence-electron chi connectivity index (χ0n) is 9.36. The summed E-state index contributed by atoms with van der Waals surface area (Å²) in [5, 5.41) is 9.85. The highest BCUT2D eigenvalue weighted by molar-refractivity contribution is 5.31. The minimum atomic E-state index is -0.793. The standard InChI is InChI=1S/C13H18O2/c1-13(2,14)11-4-3-5-12(8-11)15-9-10-6-7-10/h3-5,8,10,14H,6-7,9H2,1-2H3. The molecular formula is C13H18O2. The average Bonchev–Trinajstić information content (AvgIpc) is 2.97. The minimum absolute atomic E-state index is 0.760. The van der Waals surface area contributed by atoms with Gasteiger partial charge in [-0.25, -0.2) is 0 Å². The van der Waals surface area contributed by atoms with Crippen molar-refractivity contribution < 1.29 is 9.84 Å². The van der Waals surface area contributed by atoms with Crippen LogP contribution in [-0.2, 0) is 5.60 Å². The summed E-state index contributed by atoms with van der Waals surface area (Å²) >= 11 is 0. The van der Waals surface area contributed by atoms with Crippen molar-refractivity contribution in [2.45, 2.75) is 32.3 Å². The van der Waals surface area contributed by atoms with Crippen molar-refractivity contribution in [3.8, 4) is 5.75 Å². The predicted molar refractivity (Wildman–Crippen MR) is 59.9 cm³/mol. The number of aliphatic hydroxyl groups is 1. The first-order valence-electron chi connectivity index (χ1n) is 5.51. The smallest absolute Gasteiger partial charge is 0.119 e. The molecule has 1 aromatic carbocycles. The maximum Gasteiger partial charge on any atom is 0.119 e. The molecule has 1 aliphatic rings. The van der Waals surface area contributed by atoms with Gasteiger partial charge in [-0.15, -0.1) is 0 Å². The summed E-state index contributed by atoms with van der Waals surface area (Å²) < 4.78 is 5.65. The summed E-state index contributed by atoms with van der Waals surface area (Å²) in [6.45, 7) is 4.38. The Morgan fingerprint density at radius 3 is 2.73 bits per heavy atom.